The first kappa shape index (κ1) is 14.3. The summed E-state index contributed by atoms with van der Waals surface area (Å²) in [6, 6.07) is 5.85. The van der Waals surface area contributed by atoms with Crippen molar-refractivity contribution >= 4 is 11.6 Å². The predicted molar refractivity (Wildman–Crippen MR) is 70.9 cm³/mol. The van der Waals surface area contributed by atoms with Crippen molar-refractivity contribution in [3.63, 3.8) is 0 Å². The van der Waals surface area contributed by atoms with Crippen LogP contribution >= 0.6 is 11.6 Å². The van der Waals surface area contributed by atoms with Gasteiger partial charge in [0.15, 0.2) is 0 Å². The van der Waals surface area contributed by atoms with Crippen molar-refractivity contribution in [3.8, 4) is 5.75 Å². The SMILES string of the molecule is CCC(CO)NCCOc1cc(C)ccc1Cl. The number of rotatable bonds is 7. The van der Waals surface area contributed by atoms with Gasteiger partial charge in [-0.05, 0) is 31.0 Å². The van der Waals surface area contributed by atoms with Crippen molar-refractivity contribution < 1.29 is 9.84 Å². The summed E-state index contributed by atoms with van der Waals surface area (Å²) in [5.41, 5.74) is 1.12. The highest BCUT2D eigenvalue weighted by molar-refractivity contribution is 6.32. The second kappa shape index (κ2) is 7.54. The third-order valence-electron chi connectivity index (χ3n) is 2.59. The minimum Gasteiger partial charge on any atom is -0.491 e. The van der Waals surface area contributed by atoms with E-state index in [0.717, 1.165) is 12.0 Å². The van der Waals surface area contributed by atoms with Crippen LogP contribution in [0.15, 0.2) is 18.2 Å². The third kappa shape index (κ3) is 4.94. The van der Waals surface area contributed by atoms with Gasteiger partial charge in [0.25, 0.3) is 0 Å². The molecular formula is C13H20ClNO2. The fourth-order valence-corrected chi connectivity index (χ4v) is 1.66. The van der Waals surface area contributed by atoms with Crippen LogP contribution in [0.4, 0.5) is 0 Å². The van der Waals surface area contributed by atoms with Gasteiger partial charge in [-0.3, -0.25) is 0 Å². The molecule has 0 saturated carbocycles. The molecule has 1 aromatic rings. The number of halogens is 1. The molecule has 0 bridgehead atoms. The summed E-state index contributed by atoms with van der Waals surface area (Å²) in [4.78, 5) is 0. The van der Waals surface area contributed by atoms with E-state index in [1.807, 2.05) is 32.0 Å². The van der Waals surface area contributed by atoms with Gasteiger partial charge >= 0.3 is 0 Å². The van der Waals surface area contributed by atoms with E-state index in [-0.39, 0.29) is 12.6 Å². The van der Waals surface area contributed by atoms with Crippen molar-refractivity contribution in [2.75, 3.05) is 19.8 Å². The van der Waals surface area contributed by atoms with Gasteiger partial charge in [0.2, 0.25) is 0 Å². The van der Waals surface area contributed by atoms with Gasteiger partial charge in [-0.1, -0.05) is 24.6 Å². The third-order valence-corrected chi connectivity index (χ3v) is 2.90. The van der Waals surface area contributed by atoms with Crippen LogP contribution in [0.3, 0.4) is 0 Å². The summed E-state index contributed by atoms with van der Waals surface area (Å²) in [6.45, 7) is 5.43. The highest BCUT2D eigenvalue weighted by Gasteiger charge is 2.04. The maximum atomic E-state index is 9.00. The summed E-state index contributed by atoms with van der Waals surface area (Å²) in [5, 5.41) is 12.8. The first-order valence-corrected chi connectivity index (χ1v) is 6.28. The Balaban J connectivity index is 2.33. The van der Waals surface area contributed by atoms with Crippen molar-refractivity contribution in [2.24, 2.45) is 0 Å². The minimum atomic E-state index is 0.145. The summed E-state index contributed by atoms with van der Waals surface area (Å²) < 4.78 is 5.58. The Bertz CT molecular complexity index is 340. The molecule has 1 rings (SSSR count). The van der Waals surface area contributed by atoms with Gasteiger partial charge in [-0.2, -0.15) is 0 Å². The highest BCUT2D eigenvalue weighted by atomic mass is 35.5. The van der Waals surface area contributed by atoms with Crippen LogP contribution in [0.1, 0.15) is 18.9 Å². The molecule has 1 atom stereocenters. The number of nitrogens with one attached hydrogen (secondary N) is 1. The minimum absolute atomic E-state index is 0.145. The van der Waals surface area contributed by atoms with Crippen LogP contribution in [0, 0.1) is 6.92 Å². The Morgan fingerprint density at radius 2 is 2.24 bits per heavy atom. The molecule has 0 aliphatic heterocycles. The zero-order chi connectivity index (χ0) is 12.7. The van der Waals surface area contributed by atoms with Crippen molar-refractivity contribution in [1.82, 2.24) is 5.32 Å². The molecule has 0 radical (unpaired) electrons. The molecule has 1 aromatic carbocycles. The van der Waals surface area contributed by atoms with Crippen LogP contribution < -0.4 is 10.1 Å². The molecule has 0 aliphatic carbocycles. The van der Waals surface area contributed by atoms with Crippen molar-refractivity contribution in [2.45, 2.75) is 26.3 Å². The van der Waals surface area contributed by atoms with Gasteiger partial charge < -0.3 is 15.2 Å². The smallest absolute Gasteiger partial charge is 0.138 e. The van der Waals surface area contributed by atoms with E-state index < -0.39 is 0 Å². The molecule has 0 fully saturated rings. The average molecular weight is 258 g/mol. The van der Waals surface area contributed by atoms with E-state index in [9.17, 15) is 0 Å². The molecule has 4 heteroatoms. The Morgan fingerprint density at radius 3 is 2.88 bits per heavy atom. The van der Waals surface area contributed by atoms with Gasteiger partial charge in [0.1, 0.15) is 12.4 Å². The first-order valence-electron chi connectivity index (χ1n) is 5.90. The molecule has 0 amide bonds. The predicted octanol–water partition coefficient (Wildman–Crippen LogP) is 2.39. The Hall–Kier alpha value is -0.770. The van der Waals surface area contributed by atoms with Crippen LogP contribution in [0.2, 0.25) is 5.02 Å². The quantitative estimate of drug-likeness (QED) is 0.737. The molecule has 0 aromatic heterocycles. The van der Waals surface area contributed by atoms with Crippen molar-refractivity contribution in [1.29, 1.82) is 0 Å². The van der Waals surface area contributed by atoms with Gasteiger partial charge in [0.05, 0.1) is 11.6 Å². The standard InChI is InChI=1S/C13H20ClNO2/c1-3-11(9-16)15-6-7-17-13-8-10(2)4-5-12(13)14/h4-5,8,11,15-16H,3,6-7,9H2,1-2H3. The fourth-order valence-electron chi connectivity index (χ4n) is 1.48. The van der Waals surface area contributed by atoms with E-state index >= 15 is 0 Å². The maximum Gasteiger partial charge on any atom is 0.138 e. The first-order chi connectivity index (χ1) is 8.17. The summed E-state index contributed by atoms with van der Waals surface area (Å²) in [5.74, 6) is 0.713. The molecule has 0 saturated heterocycles. The van der Waals surface area contributed by atoms with Crippen LogP contribution in [0.5, 0.6) is 5.75 Å². The number of aryl methyl sites for hydroxylation is 1. The van der Waals surface area contributed by atoms with Gasteiger partial charge in [-0.15, -0.1) is 0 Å². The molecule has 0 spiro atoms. The van der Waals surface area contributed by atoms with E-state index in [1.165, 1.54) is 0 Å². The molecule has 0 heterocycles. The lowest BCUT2D eigenvalue weighted by Crippen LogP contribution is -2.34. The van der Waals surface area contributed by atoms with E-state index in [2.05, 4.69) is 5.32 Å². The molecule has 96 valence electrons. The van der Waals surface area contributed by atoms with Crippen LogP contribution in [-0.2, 0) is 0 Å². The van der Waals surface area contributed by atoms with Crippen molar-refractivity contribution in [3.05, 3.63) is 28.8 Å². The number of benzene rings is 1. The number of hydrogen-bond acceptors (Lipinski definition) is 3. The molecular weight excluding hydrogens is 238 g/mol. The lowest BCUT2D eigenvalue weighted by molar-refractivity contribution is 0.227. The number of hydrogen-bond donors (Lipinski definition) is 2. The maximum absolute atomic E-state index is 9.00. The van der Waals surface area contributed by atoms with E-state index in [0.29, 0.717) is 23.9 Å². The molecule has 2 N–H and O–H groups in total. The number of aliphatic hydroxyl groups is 1. The molecule has 0 aliphatic rings. The Labute approximate surface area is 108 Å². The van der Waals surface area contributed by atoms with E-state index in [1.54, 1.807) is 0 Å². The van der Waals surface area contributed by atoms with Gasteiger partial charge in [0, 0.05) is 12.6 Å². The second-order valence-corrected chi connectivity index (χ2v) is 4.43. The average Bonchev–Trinajstić information content (AvgIpc) is 2.33. The van der Waals surface area contributed by atoms with E-state index in [4.69, 9.17) is 21.4 Å². The monoisotopic (exact) mass is 257 g/mol. The second-order valence-electron chi connectivity index (χ2n) is 4.02. The lowest BCUT2D eigenvalue weighted by Gasteiger charge is -2.14. The fraction of sp³-hybridized carbons (Fsp3) is 0.538. The Morgan fingerprint density at radius 1 is 1.47 bits per heavy atom. The Kier molecular flexibility index (Phi) is 6.34. The highest BCUT2D eigenvalue weighted by Crippen LogP contribution is 2.24. The largest absolute Gasteiger partial charge is 0.491 e. The molecule has 3 nitrogen and oxygen atoms in total. The molecule has 1 unspecified atom stereocenters. The zero-order valence-electron chi connectivity index (χ0n) is 10.4. The van der Waals surface area contributed by atoms with Crippen LogP contribution in [-0.4, -0.2) is 30.9 Å². The van der Waals surface area contributed by atoms with Crippen LogP contribution in [0.25, 0.3) is 0 Å². The normalized spacial score (nSPS) is 12.5. The van der Waals surface area contributed by atoms with Gasteiger partial charge in [-0.25, -0.2) is 0 Å². The molecule has 17 heavy (non-hydrogen) atoms. The number of ether oxygens (including phenoxy) is 1. The topological polar surface area (TPSA) is 41.5 Å². The zero-order valence-corrected chi connectivity index (χ0v) is 11.1. The summed E-state index contributed by atoms with van der Waals surface area (Å²) >= 11 is 6.01. The summed E-state index contributed by atoms with van der Waals surface area (Å²) in [7, 11) is 0. The summed E-state index contributed by atoms with van der Waals surface area (Å²) in [6.07, 6.45) is 0.904. The number of aliphatic hydroxyl groups excluding tert-OH is 1. The lowest BCUT2D eigenvalue weighted by atomic mass is 10.2.